The quantitative estimate of drug-likeness (QED) is 0.00766. The zero-order chi connectivity index (χ0) is 62.3. The molecule has 0 bridgehead atoms. The second-order valence-corrected chi connectivity index (χ2v) is 18.5. The third-order valence-electron chi connectivity index (χ3n) is 12.3. The van der Waals surface area contributed by atoms with Gasteiger partial charge in [0, 0.05) is 30.5 Å². The zero-order valence-electron chi connectivity index (χ0n) is 47.3. The van der Waals surface area contributed by atoms with Gasteiger partial charge in [-0.3, -0.25) is 45.1 Å². The number of aryl methyl sites for hydroxylation is 2. The molecule has 2 atom stereocenters. The topological polar surface area (TPSA) is 263 Å². The summed E-state index contributed by atoms with van der Waals surface area (Å²) in [5.41, 5.74) is 15.8. The third-order valence-corrected chi connectivity index (χ3v) is 12.3. The molecule has 0 fully saturated rings. The van der Waals surface area contributed by atoms with Crippen LogP contribution in [0.2, 0.25) is 0 Å². The number of halogens is 6. The maximum absolute atomic E-state index is 12.4. The average Bonchev–Trinajstić information content (AvgIpc) is 3.53. The number of hydrogen-bond donors (Lipinski definition) is 3. The molecule has 0 aliphatic heterocycles. The SMILES string of the molecule is CCCCC(CC)CCc1ccnc(/C([NH-])=C/C(=N)C(F)(F)F)c1.CCCCC(CC)CCc1ccnc(C(=N)C=C(N)C(F)(F)F)c1.O=CO/C=C/c1ccnc(-c2cc(/C=C/OC=O)cc(-c3cc(/C=C/OC=O)ccn3)n2)c1.[N-]=C=S.[Ru+2]. The minimum Gasteiger partial charge on any atom is -0.753 e. The van der Waals surface area contributed by atoms with Crippen LogP contribution in [0.15, 0.2) is 122 Å². The minimum atomic E-state index is -4.74. The van der Waals surface area contributed by atoms with Gasteiger partial charge in [0.25, 0.3) is 19.4 Å². The molecule has 0 aromatic carbocycles. The number of carbonyl (C=O) groups excluding carboxylic acids is 3. The van der Waals surface area contributed by atoms with Crippen LogP contribution in [0.5, 0.6) is 0 Å². The second kappa shape index (κ2) is 41.7. The van der Waals surface area contributed by atoms with Crippen LogP contribution < -0.4 is 5.73 Å². The summed E-state index contributed by atoms with van der Waals surface area (Å²) in [4.78, 5) is 52.5. The standard InChI is InChI=1S/C24H17N3O6.C18H26F3N3.C18H25F3N3.CNS.Ru/c28-15-31-8-3-18-1-6-25-21(11-18)23-13-20(5-10-33-17-30)14-24(27-23)22-12-19(2-7-26-22)4-9-32-16-29;2*1-3-5-6-13(4-2)7-8-14-9-10-24-16(11-14)15(22)12-17(23)18(19,20)21;2-1-3;/h1-17H;9-13,22H,3-8,23H2,1-2H3;9-13,22-23H,3-8H2,1-2H3;;/q;;2*-1;+2/b8-3+,9-4+,10-5+;;15-12-,23-17?;;. The number of unbranched alkanes of at least 4 members (excludes halogenated alkanes) is 2. The van der Waals surface area contributed by atoms with Crippen molar-refractivity contribution < 1.29 is 74.4 Å². The molecule has 454 valence electrons. The fourth-order valence-electron chi connectivity index (χ4n) is 7.74. The van der Waals surface area contributed by atoms with E-state index in [4.69, 9.17) is 27.7 Å². The summed E-state index contributed by atoms with van der Waals surface area (Å²) < 4.78 is 88.3. The van der Waals surface area contributed by atoms with Crippen LogP contribution in [0.3, 0.4) is 0 Å². The number of allylic oxidation sites excluding steroid dienone is 3. The van der Waals surface area contributed by atoms with Gasteiger partial charge in [-0.15, -0.1) is 5.70 Å². The van der Waals surface area contributed by atoms with Gasteiger partial charge in [0.1, 0.15) is 11.4 Å². The maximum atomic E-state index is 12.4. The van der Waals surface area contributed by atoms with Gasteiger partial charge in [-0.05, 0) is 156 Å². The summed E-state index contributed by atoms with van der Waals surface area (Å²) in [5.74, 6) is 1.30. The van der Waals surface area contributed by atoms with Gasteiger partial charge in [0.2, 0.25) is 0 Å². The molecule has 5 aromatic rings. The van der Waals surface area contributed by atoms with Crippen LogP contribution in [-0.4, -0.2) is 73.3 Å². The van der Waals surface area contributed by atoms with E-state index in [0.717, 1.165) is 60.8 Å². The van der Waals surface area contributed by atoms with Gasteiger partial charge >= 0.3 is 31.8 Å². The van der Waals surface area contributed by atoms with E-state index in [1.54, 1.807) is 79.2 Å². The van der Waals surface area contributed by atoms with Crippen LogP contribution in [-0.2, 0) is 60.9 Å². The number of hydrogen-bond acceptors (Lipinski definition) is 15. The Bertz CT molecular complexity index is 3000. The number of pyridine rings is 5. The normalized spacial score (nSPS) is 12.2. The number of rotatable bonds is 29. The number of nitrogens with one attached hydrogen (secondary N) is 3. The molecular weight excluding hydrogens is 1220 g/mol. The van der Waals surface area contributed by atoms with Crippen LogP contribution in [0.4, 0.5) is 26.3 Å². The van der Waals surface area contributed by atoms with Gasteiger partial charge in [0.15, 0.2) is 0 Å². The van der Waals surface area contributed by atoms with Crippen LogP contribution in [0.1, 0.15) is 131 Å². The molecule has 0 spiro atoms. The van der Waals surface area contributed by atoms with Crippen molar-refractivity contribution in [2.45, 2.75) is 117 Å². The van der Waals surface area contributed by atoms with Crippen molar-refractivity contribution in [3.05, 3.63) is 172 Å². The number of nitrogens with zero attached hydrogens (tertiary/aromatic N) is 6. The Hall–Kier alpha value is -8.20. The van der Waals surface area contributed by atoms with Crippen molar-refractivity contribution in [2.24, 2.45) is 17.6 Å². The molecule has 5 aromatic heterocycles. The van der Waals surface area contributed by atoms with E-state index in [-0.39, 0.29) is 36.6 Å². The van der Waals surface area contributed by atoms with E-state index in [9.17, 15) is 40.7 Å². The fourth-order valence-corrected chi connectivity index (χ4v) is 7.74. The number of thiocarbonyl (C=S) groups is 1. The molecule has 0 aliphatic carbocycles. The first-order chi connectivity index (χ1) is 40.2. The number of nitrogens with two attached hydrogens (primary N) is 1. The van der Waals surface area contributed by atoms with E-state index in [1.807, 2.05) is 12.1 Å². The summed E-state index contributed by atoms with van der Waals surface area (Å²) >= 11 is 3.70. The van der Waals surface area contributed by atoms with Gasteiger partial charge in [0.05, 0.1) is 53.0 Å². The van der Waals surface area contributed by atoms with Crippen molar-refractivity contribution >= 4 is 72.1 Å². The summed E-state index contributed by atoms with van der Waals surface area (Å²) in [7, 11) is 0. The molecule has 0 radical (unpaired) electrons. The molecule has 0 amide bonds. The van der Waals surface area contributed by atoms with E-state index in [2.05, 4.69) is 79.0 Å². The first-order valence-electron chi connectivity index (χ1n) is 26.6. The van der Waals surface area contributed by atoms with E-state index >= 15 is 0 Å². The largest absolute Gasteiger partial charge is 2.00 e. The first-order valence-corrected chi connectivity index (χ1v) is 27.0. The average molecular weight is 1280 g/mol. The van der Waals surface area contributed by atoms with Crippen molar-refractivity contribution in [1.29, 1.82) is 10.8 Å². The van der Waals surface area contributed by atoms with Gasteiger partial charge in [-0.2, -0.15) is 31.5 Å². The maximum Gasteiger partial charge on any atom is 2.00 e. The summed E-state index contributed by atoms with van der Waals surface area (Å²) in [6.45, 7) is 9.66. The first kappa shape index (κ1) is 74.8. The van der Waals surface area contributed by atoms with Crippen LogP contribution >= 0.6 is 12.2 Å². The predicted molar refractivity (Wildman–Crippen MR) is 318 cm³/mol. The Kier molecular flexibility index (Phi) is 36.7. The number of ether oxygens (including phenoxy) is 3. The smallest absolute Gasteiger partial charge is 0.753 e. The van der Waals surface area contributed by atoms with Crippen molar-refractivity contribution in [3.8, 4) is 22.8 Å². The van der Waals surface area contributed by atoms with Gasteiger partial charge in [-0.25, -0.2) is 4.98 Å². The summed E-state index contributed by atoms with van der Waals surface area (Å²) in [5, 5.41) is 23.2. The molecule has 85 heavy (non-hydrogen) atoms. The number of carbonyl (C=O) groups is 3. The molecule has 0 saturated heterocycles. The number of aromatic nitrogens is 5. The molecule has 0 saturated carbocycles. The Morgan fingerprint density at radius 1 is 0.624 bits per heavy atom. The van der Waals surface area contributed by atoms with E-state index in [1.165, 1.54) is 74.9 Å². The molecule has 2 unspecified atom stereocenters. The minimum absolute atomic E-state index is 0. The Morgan fingerprint density at radius 2 is 1.02 bits per heavy atom. The van der Waals surface area contributed by atoms with E-state index in [0.29, 0.717) is 71.7 Å². The van der Waals surface area contributed by atoms with Crippen molar-refractivity contribution in [1.82, 2.24) is 24.9 Å². The van der Waals surface area contributed by atoms with Crippen LogP contribution in [0.25, 0.3) is 57.8 Å². The van der Waals surface area contributed by atoms with Crippen molar-refractivity contribution in [3.63, 3.8) is 0 Å². The fraction of sp³-hybridized carbons (Fsp3) is 0.328. The third kappa shape index (κ3) is 30.3. The van der Waals surface area contributed by atoms with Crippen molar-refractivity contribution in [2.75, 3.05) is 0 Å². The predicted octanol–water partition coefficient (Wildman–Crippen LogP) is 15.5. The molecular formula is C61H68F6N10O6RuS. The number of alkyl halides is 6. The molecule has 5 heterocycles. The molecule has 5 rings (SSSR count). The zero-order valence-corrected chi connectivity index (χ0v) is 49.9. The number of isothiocyanates is 1. The molecule has 24 heteroatoms. The van der Waals surface area contributed by atoms with Gasteiger partial charge < -0.3 is 31.1 Å². The Balaban J connectivity index is 0.000000631. The van der Waals surface area contributed by atoms with Crippen LogP contribution in [0, 0.1) is 22.7 Å². The monoisotopic (exact) mass is 1280 g/mol. The molecule has 5 N–H and O–H groups in total. The second-order valence-electron chi connectivity index (χ2n) is 18.3. The van der Waals surface area contributed by atoms with Gasteiger partial charge in [-0.1, -0.05) is 91.3 Å². The van der Waals surface area contributed by atoms with E-state index < -0.39 is 29.5 Å². The Morgan fingerprint density at radius 3 is 1.42 bits per heavy atom. The molecule has 16 nitrogen and oxygen atoms in total. The summed E-state index contributed by atoms with van der Waals surface area (Å²) in [6.07, 6.45) is 19.7. The molecule has 0 aliphatic rings. The summed E-state index contributed by atoms with van der Waals surface area (Å²) in [6, 6.07) is 17.6. The Labute approximate surface area is 509 Å².